The molecule has 25 heavy (non-hydrogen) atoms. The summed E-state index contributed by atoms with van der Waals surface area (Å²) in [6, 6.07) is -0.461. The molecule has 0 unspecified atom stereocenters. The van der Waals surface area contributed by atoms with Crippen LogP contribution in [0.4, 0.5) is 8.78 Å². The molecule has 0 aromatic rings. The standard InChI is InChI=1S/C18H24F2N2O3/c1-12(10-16(20)11-13(2)19)17-6-9-25-22(17)18(24)15-4-7-21(8-5-15)14(3)23/h10-11,15,17H,1,4-9H2,2-3H3/b13-11+,16-10+/t17-/m0/s1. The lowest BCUT2D eigenvalue weighted by Gasteiger charge is -2.33. The molecule has 0 radical (unpaired) electrons. The summed E-state index contributed by atoms with van der Waals surface area (Å²) in [5.41, 5.74) is 0.363. The minimum absolute atomic E-state index is 0.00593. The van der Waals surface area contributed by atoms with E-state index in [1.807, 2.05) is 0 Å². The maximum atomic E-state index is 13.7. The van der Waals surface area contributed by atoms with Gasteiger partial charge in [0.25, 0.3) is 0 Å². The lowest BCUT2D eigenvalue weighted by atomic mass is 9.94. The fourth-order valence-electron chi connectivity index (χ4n) is 3.15. The number of hydrogen-bond acceptors (Lipinski definition) is 3. The summed E-state index contributed by atoms with van der Waals surface area (Å²) in [5.74, 6) is -1.79. The van der Waals surface area contributed by atoms with Gasteiger partial charge in [-0.05, 0) is 31.4 Å². The van der Waals surface area contributed by atoms with Gasteiger partial charge in [0.15, 0.2) is 0 Å². The van der Waals surface area contributed by atoms with Crippen LogP contribution in [-0.4, -0.2) is 47.5 Å². The molecule has 7 heteroatoms. The van der Waals surface area contributed by atoms with Crippen molar-refractivity contribution in [2.75, 3.05) is 19.7 Å². The molecule has 2 aliphatic heterocycles. The maximum Gasteiger partial charge on any atom is 0.249 e. The largest absolute Gasteiger partial charge is 0.343 e. The van der Waals surface area contributed by atoms with Crippen LogP contribution in [0.5, 0.6) is 0 Å². The third kappa shape index (κ3) is 4.98. The maximum absolute atomic E-state index is 13.7. The fraction of sp³-hybridized carbons (Fsp3) is 0.556. The van der Waals surface area contributed by atoms with Crippen molar-refractivity contribution in [3.63, 3.8) is 0 Å². The molecular formula is C18H24F2N2O3. The summed E-state index contributed by atoms with van der Waals surface area (Å²) >= 11 is 0. The van der Waals surface area contributed by atoms with Crippen molar-refractivity contribution < 1.29 is 23.2 Å². The van der Waals surface area contributed by atoms with Crippen molar-refractivity contribution >= 4 is 11.8 Å². The van der Waals surface area contributed by atoms with Crippen LogP contribution in [0.25, 0.3) is 0 Å². The van der Waals surface area contributed by atoms with Gasteiger partial charge < -0.3 is 4.90 Å². The summed E-state index contributed by atoms with van der Waals surface area (Å²) < 4.78 is 26.4. The van der Waals surface area contributed by atoms with Crippen LogP contribution in [0.2, 0.25) is 0 Å². The molecule has 2 heterocycles. The fourth-order valence-corrected chi connectivity index (χ4v) is 3.15. The molecule has 2 amide bonds. The van der Waals surface area contributed by atoms with E-state index in [1.54, 1.807) is 4.90 Å². The molecule has 0 saturated carbocycles. The molecule has 0 aromatic carbocycles. The lowest BCUT2D eigenvalue weighted by Crippen LogP contribution is -2.45. The summed E-state index contributed by atoms with van der Waals surface area (Å²) in [4.78, 5) is 31.3. The Morgan fingerprint density at radius 3 is 2.32 bits per heavy atom. The van der Waals surface area contributed by atoms with Gasteiger partial charge in [-0.3, -0.25) is 14.4 Å². The minimum atomic E-state index is -0.751. The highest BCUT2D eigenvalue weighted by Crippen LogP contribution is 2.28. The highest BCUT2D eigenvalue weighted by molar-refractivity contribution is 5.79. The molecule has 0 aromatic heterocycles. The van der Waals surface area contributed by atoms with Crippen molar-refractivity contribution in [1.29, 1.82) is 0 Å². The molecule has 2 rings (SSSR count). The predicted molar refractivity (Wildman–Crippen MR) is 89.4 cm³/mol. The monoisotopic (exact) mass is 354 g/mol. The van der Waals surface area contributed by atoms with Gasteiger partial charge in [-0.2, -0.15) is 0 Å². The number of rotatable bonds is 4. The predicted octanol–water partition coefficient (Wildman–Crippen LogP) is 3.06. The summed E-state index contributed by atoms with van der Waals surface area (Å²) in [5, 5.41) is 1.27. The van der Waals surface area contributed by atoms with Crippen molar-refractivity contribution in [2.24, 2.45) is 5.92 Å². The number of nitrogens with zero attached hydrogens (tertiary/aromatic N) is 2. The van der Waals surface area contributed by atoms with Crippen LogP contribution in [-0.2, 0) is 14.4 Å². The van der Waals surface area contributed by atoms with Crippen molar-refractivity contribution in [3.8, 4) is 0 Å². The van der Waals surface area contributed by atoms with E-state index in [9.17, 15) is 18.4 Å². The van der Waals surface area contributed by atoms with Crippen LogP contribution in [0.15, 0.2) is 36.0 Å². The van der Waals surface area contributed by atoms with Crippen molar-refractivity contribution in [2.45, 2.75) is 39.2 Å². The van der Waals surface area contributed by atoms with E-state index in [2.05, 4.69) is 6.58 Å². The molecule has 1 atom stereocenters. The van der Waals surface area contributed by atoms with Gasteiger partial charge in [-0.1, -0.05) is 6.58 Å². The van der Waals surface area contributed by atoms with Gasteiger partial charge in [0.05, 0.1) is 18.5 Å². The molecule has 0 aliphatic carbocycles. The van der Waals surface area contributed by atoms with Crippen LogP contribution < -0.4 is 0 Å². The quantitative estimate of drug-likeness (QED) is 0.729. The Morgan fingerprint density at radius 1 is 1.12 bits per heavy atom. The van der Waals surface area contributed by atoms with Gasteiger partial charge >= 0.3 is 0 Å². The Kier molecular flexibility index (Phi) is 6.47. The van der Waals surface area contributed by atoms with E-state index < -0.39 is 17.7 Å². The second kappa shape index (κ2) is 8.38. The molecule has 5 nitrogen and oxygen atoms in total. The third-order valence-electron chi connectivity index (χ3n) is 4.50. The van der Waals surface area contributed by atoms with Crippen molar-refractivity contribution in [3.05, 3.63) is 36.0 Å². The molecule has 0 N–H and O–H groups in total. The number of halogens is 2. The third-order valence-corrected chi connectivity index (χ3v) is 4.50. The number of hydroxylamine groups is 2. The van der Waals surface area contributed by atoms with E-state index in [4.69, 9.17) is 4.84 Å². The Balaban J connectivity index is 2.01. The summed E-state index contributed by atoms with van der Waals surface area (Å²) in [6.07, 6.45) is 3.56. The number of allylic oxidation sites excluding steroid dienone is 3. The van der Waals surface area contributed by atoms with Crippen LogP contribution in [0.3, 0.4) is 0 Å². The van der Waals surface area contributed by atoms with Crippen LogP contribution in [0, 0.1) is 5.92 Å². The Labute approximate surface area is 146 Å². The molecular weight excluding hydrogens is 330 g/mol. The number of piperidine rings is 1. The number of hydrogen-bond donors (Lipinski definition) is 0. The van der Waals surface area contributed by atoms with E-state index in [0.29, 0.717) is 44.5 Å². The first-order valence-electron chi connectivity index (χ1n) is 8.41. The second-order valence-corrected chi connectivity index (χ2v) is 6.42. The van der Waals surface area contributed by atoms with Gasteiger partial charge in [0.1, 0.15) is 5.83 Å². The van der Waals surface area contributed by atoms with E-state index in [-0.39, 0.29) is 17.7 Å². The Hall–Kier alpha value is -2.02. The first-order valence-corrected chi connectivity index (χ1v) is 8.41. The molecule has 2 saturated heterocycles. The van der Waals surface area contributed by atoms with Crippen LogP contribution >= 0.6 is 0 Å². The lowest BCUT2D eigenvalue weighted by molar-refractivity contribution is -0.180. The average molecular weight is 354 g/mol. The zero-order valence-electron chi connectivity index (χ0n) is 14.6. The first kappa shape index (κ1) is 19.3. The molecule has 0 spiro atoms. The average Bonchev–Trinajstić information content (AvgIpc) is 3.03. The second-order valence-electron chi connectivity index (χ2n) is 6.42. The number of carbonyl (C=O) groups excluding carboxylic acids is 2. The smallest absolute Gasteiger partial charge is 0.249 e. The number of amides is 2. The summed E-state index contributed by atoms with van der Waals surface area (Å²) in [7, 11) is 0. The first-order chi connectivity index (χ1) is 11.8. The highest BCUT2D eigenvalue weighted by Gasteiger charge is 2.37. The normalized spacial score (nSPS) is 23.1. The summed E-state index contributed by atoms with van der Waals surface area (Å²) in [6.45, 7) is 7.89. The number of carbonyl (C=O) groups is 2. The van der Waals surface area contributed by atoms with Gasteiger partial charge in [0, 0.05) is 38.4 Å². The molecule has 0 bridgehead atoms. The Morgan fingerprint density at radius 2 is 1.76 bits per heavy atom. The van der Waals surface area contributed by atoms with Crippen LogP contribution in [0.1, 0.15) is 33.1 Å². The highest BCUT2D eigenvalue weighted by atomic mass is 19.1. The van der Waals surface area contributed by atoms with Crippen molar-refractivity contribution in [1.82, 2.24) is 9.96 Å². The molecule has 2 aliphatic rings. The minimum Gasteiger partial charge on any atom is -0.343 e. The van der Waals surface area contributed by atoms with Gasteiger partial charge in [0.2, 0.25) is 11.8 Å². The van der Waals surface area contributed by atoms with Gasteiger partial charge in [-0.15, -0.1) is 0 Å². The SMILES string of the molecule is C=C(/C=C(F)\C=C(/C)F)[C@@H]1CCON1C(=O)C1CCN(C(C)=O)CC1. The number of likely N-dealkylation sites (tertiary alicyclic amines) is 1. The Bertz CT molecular complexity index is 603. The van der Waals surface area contributed by atoms with E-state index in [0.717, 1.165) is 19.1 Å². The molecule has 2 fully saturated rings. The zero-order valence-corrected chi connectivity index (χ0v) is 14.6. The zero-order chi connectivity index (χ0) is 18.6. The van der Waals surface area contributed by atoms with E-state index in [1.165, 1.54) is 12.0 Å². The van der Waals surface area contributed by atoms with Gasteiger partial charge in [-0.25, -0.2) is 13.8 Å². The van der Waals surface area contributed by atoms with E-state index >= 15 is 0 Å². The topological polar surface area (TPSA) is 49.9 Å². The molecule has 138 valence electrons.